The number of Topliss-reactive ketones (excluding diaryl/α,β-unsaturated/α-hetero) is 1. The first-order valence-corrected chi connectivity index (χ1v) is 9.53. The molecule has 0 N–H and O–H groups in total. The average molecular weight is 381 g/mol. The summed E-state index contributed by atoms with van der Waals surface area (Å²) in [6.45, 7) is 2.04. The first kappa shape index (κ1) is 17.8. The maximum atomic E-state index is 13.0. The fraction of sp³-hybridized carbons (Fsp3) is 0.273. The predicted molar refractivity (Wildman–Crippen MR) is 106 cm³/mol. The second kappa shape index (κ2) is 7.20. The number of benzene rings is 2. The number of carbonyl (C=O) groups excluding carboxylic acids is 1. The van der Waals surface area contributed by atoms with Gasteiger partial charge in [-0.1, -0.05) is 48.9 Å². The van der Waals surface area contributed by atoms with Crippen molar-refractivity contribution in [2.75, 3.05) is 7.11 Å². The third kappa shape index (κ3) is 3.15. The molecule has 0 spiro atoms. The standard InChI is InChI=1S/C22H21ClN2O2/c1-3-18-22-17(11-15(12-20(22)26)14-7-5-4-6-8-14)24-25(18)19-13-16(23)9-10-21(19)27-2/h4-10,13,15H,3,11-12H2,1-2H3. The van der Waals surface area contributed by atoms with Crippen LogP contribution in [0.3, 0.4) is 0 Å². The van der Waals surface area contributed by atoms with Crippen LogP contribution < -0.4 is 4.74 Å². The highest BCUT2D eigenvalue weighted by atomic mass is 35.5. The van der Waals surface area contributed by atoms with Gasteiger partial charge in [0.2, 0.25) is 0 Å². The van der Waals surface area contributed by atoms with Crippen molar-refractivity contribution in [3.8, 4) is 11.4 Å². The van der Waals surface area contributed by atoms with Gasteiger partial charge < -0.3 is 4.74 Å². The Kier molecular flexibility index (Phi) is 4.75. The summed E-state index contributed by atoms with van der Waals surface area (Å²) in [4.78, 5) is 13.0. The van der Waals surface area contributed by atoms with Crippen LogP contribution in [0.4, 0.5) is 0 Å². The number of aromatic nitrogens is 2. The maximum Gasteiger partial charge on any atom is 0.167 e. The van der Waals surface area contributed by atoms with Gasteiger partial charge >= 0.3 is 0 Å². The molecule has 1 aliphatic rings. The van der Waals surface area contributed by atoms with Crippen LogP contribution in [0.15, 0.2) is 48.5 Å². The van der Waals surface area contributed by atoms with Crippen molar-refractivity contribution in [2.24, 2.45) is 0 Å². The molecule has 0 saturated heterocycles. The van der Waals surface area contributed by atoms with Crippen molar-refractivity contribution in [3.63, 3.8) is 0 Å². The minimum absolute atomic E-state index is 0.161. The smallest absolute Gasteiger partial charge is 0.167 e. The van der Waals surface area contributed by atoms with Crippen LogP contribution in [0.1, 0.15) is 46.6 Å². The molecule has 0 fully saturated rings. The zero-order chi connectivity index (χ0) is 19.0. The number of fused-ring (bicyclic) bond motifs is 1. The van der Waals surface area contributed by atoms with E-state index in [1.807, 2.05) is 41.9 Å². The highest BCUT2D eigenvalue weighted by molar-refractivity contribution is 6.30. The van der Waals surface area contributed by atoms with Crippen LogP contribution in [0.25, 0.3) is 5.69 Å². The van der Waals surface area contributed by atoms with Crippen LogP contribution in [-0.4, -0.2) is 22.7 Å². The van der Waals surface area contributed by atoms with Crippen LogP contribution in [0.5, 0.6) is 5.75 Å². The van der Waals surface area contributed by atoms with Crippen LogP contribution in [-0.2, 0) is 12.8 Å². The quantitative estimate of drug-likeness (QED) is 0.639. The number of ketones is 1. The van der Waals surface area contributed by atoms with Crippen molar-refractivity contribution in [1.29, 1.82) is 0 Å². The van der Waals surface area contributed by atoms with Gasteiger partial charge in [0.1, 0.15) is 11.4 Å². The van der Waals surface area contributed by atoms with E-state index < -0.39 is 0 Å². The van der Waals surface area contributed by atoms with E-state index in [1.54, 1.807) is 13.2 Å². The number of carbonyl (C=O) groups is 1. The lowest BCUT2D eigenvalue weighted by Crippen LogP contribution is -2.19. The number of halogens is 1. The van der Waals surface area contributed by atoms with Gasteiger partial charge in [0.05, 0.1) is 24.1 Å². The molecule has 4 rings (SSSR count). The molecule has 27 heavy (non-hydrogen) atoms. The molecule has 0 radical (unpaired) electrons. The average Bonchev–Trinajstić information content (AvgIpc) is 3.07. The first-order valence-electron chi connectivity index (χ1n) is 9.15. The lowest BCUT2D eigenvalue weighted by molar-refractivity contribution is 0.0963. The molecular formula is C22H21ClN2O2. The van der Waals surface area contributed by atoms with Gasteiger partial charge in [-0.05, 0) is 42.5 Å². The SMILES string of the molecule is CCc1c2c(nn1-c1cc(Cl)ccc1OC)CC(c1ccccc1)CC2=O. The molecule has 0 aliphatic heterocycles. The molecule has 1 atom stereocenters. The molecule has 2 aromatic carbocycles. The van der Waals surface area contributed by atoms with Gasteiger partial charge in [-0.2, -0.15) is 5.10 Å². The monoisotopic (exact) mass is 380 g/mol. The summed E-state index contributed by atoms with van der Waals surface area (Å²) in [5.74, 6) is 1.01. The second-order valence-electron chi connectivity index (χ2n) is 6.79. The minimum Gasteiger partial charge on any atom is -0.494 e. The molecule has 5 heteroatoms. The highest BCUT2D eigenvalue weighted by Crippen LogP contribution is 2.36. The Hall–Kier alpha value is -2.59. The first-order chi connectivity index (χ1) is 13.1. The normalized spacial score (nSPS) is 16.3. The Balaban J connectivity index is 1.83. The fourth-order valence-corrected chi connectivity index (χ4v) is 4.08. The lowest BCUT2D eigenvalue weighted by atomic mass is 9.81. The summed E-state index contributed by atoms with van der Waals surface area (Å²) in [5.41, 5.74) is 4.50. The van der Waals surface area contributed by atoms with Crippen LogP contribution in [0.2, 0.25) is 5.02 Å². The zero-order valence-corrected chi connectivity index (χ0v) is 16.2. The van der Waals surface area contributed by atoms with Gasteiger partial charge in [-0.15, -0.1) is 0 Å². The molecule has 1 aliphatic carbocycles. The molecule has 4 nitrogen and oxygen atoms in total. The van der Waals surface area contributed by atoms with Crippen LogP contribution in [0, 0.1) is 0 Å². The number of hydrogen-bond donors (Lipinski definition) is 0. The van der Waals surface area contributed by atoms with E-state index in [1.165, 1.54) is 5.56 Å². The van der Waals surface area contributed by atoms with E-state index in [4.69, 9.17) is 21.4 Å². The Morgan fingerprint density at radius 1 is 1.19 bits per heavy atom. The number of methoxy groups -OCH3 is 1. The third-order valence-corrected chi connectivity index (χ3v) is 5.41. The number of rotatable bonds is 4. The molecule has 0 amide bonds. The van der Waals surface area contributed by atoms with E-state index >= 15 is 0 Å². The summed E-state index contributed by atoms with van der Waals surface area (Å²) >= 11 is 6.21. The molecule has 138 valence electrons. The molecule has 1 unspecified atom stereocenters. The van der Waals surface area contributed by atoms with E-state index in [9.17, 15) is 4.79 Å². The molecule has 3 aromatic rings. The summed E-state index contributed by atoms with van der Waals surface area (Å²) in [6.07, 6.45) is 1.98. The topological polar surface area (TPSA) is 44.1 Å². The second-order valence-corrected chi connectivity index (χ2v) is 7.23. The maximum absolute atomic E-state index is 13.0. The van der Waals surface area contributed by atoms with Gasteiger partial charge in [-0.25, -0.2) is 4.68 Å². The fourth-order valence-electron chi connectivity index (χ4n) is 3.92. The Morgan fingerprint density at radius 3 is 2.67 bits per heavy atom. The van der Waals surface area contributed by atoms with Crippen molar-refractivity contribution in [1.82, 2.24) is 9.78 Å². The lowest BCUT2D eigenvalue weighted by Gasteiger charge is -2.21. The number of ether oxygens (including phenoxy) is 1. The third-order valence-electron chi connectivity index (χ3n) is 5.18. The summed E-state index contributed by atoms with van der Waals surface area (Å²) in [6, 6.07) is 15.6. The Bertz CT molecular complexity index is 995. The van der Waals surface area contributed by atoms with Crippen molar-refractivity contribution in [3.05, 3.63) is 76.1 Å². The highest BCUT2D eigenvalue weighted by Gasteiger charge is 2.32. The predicted octanol–water partition coefficient (Wildman–Crippen LogP) is 5.01. The van der Waals surface area contributed by atoms with E-state index in [-0.39, 0.29) is 11.7 Å². The van der Waals surface area contributed by atoms with Crippen LogP contribution >= 0.6 is 11.6 Å². The van der Waals surface area contributed by atoms with E-state index in [0.29, 0.717) is 23.6 Å². The van der Waals surface area contributed by atoms with Crippen molar-refractivity contribution in [2.45, 2.75) is 32.1 Å². The van der Waals surface area contributed by atoms with Crippen molar-refractivity contribution < 1.29 is 9.53 Å². The Morgan fingerprint density at radius 2 is 1.96 bits per heavy atom. The Labute approximate surface area is 163 Å². The summed E-state index contributed by atoms with van der Waals surface area (Å²) < 4.78 is 7.33. The zero-order valence-electron chi connectivity index (χ0n) is 15.4. The van der Waals surface area contributed by atoms with Gasteiger partial charge in [-0.3, -0.25) is 4.79 Å². The summed E-state index contributed by atoms with van der Waals surface area (Å²) in [5, 5.41) is 5.43. The number of hydrogen-bond acceptors (Lipinski definition) is 3. The van der Waals surface area contributed by atoms with Gasteiger partial charge in [0.25, 0.3) is 0 Å². The molecule has 1 aromatic heterocycles. The largest absolute Gasteiger partial charge is 0.494 e. The molecule has 0 bridgehead atoms. The molecule has 0 saturated carbocycles. The number of nitrogens with zero attached hydrogens (tertiary/aromatic N) is 2. The minimum atomic E-state index is 0.161. The van der Waals surface area contributed by atoms with E-state index in [0.717, 1.165) is 29.1 Å². The van der Waals surface area contributed by atoms with Gasteiger partial charge in [0.15, 0.2) is 5.78 Å². The molecule has 1 heterocycles. The van der Waals surface area contributed by atoms with Gasteiger partial charge in [0, 0.05) is 11.4 Å². The van der Waals surface area contributed by atoms with E-state index in [2.05, 4.69) is 12.1 Å². The summed E-state index contributed by atoms with van der Waals surface area (Å²) in [7, 11) is 1.62. The molecular weight excluding hydrogens is 360 g/mol. The van der Waals surface area contributed by atoms with Crippen molar-refractivity contribution >= 4 is 17.4 Å².